The van der Waals surface area contributed by atoms with Crippen LogP contribution in [0, 0.1) is 17.2 Å². The molecule has 1 atom stereocenters. The Labute approximate surface area is 96.1 Å². The zero-order valence-corrected chi connectivity index (χ0v) is 9.86. The Hall–Kier alpha value is -1.12. The lowest BCUT2D eigenvalue weighted by Gasteiger charge is -2.30. The summed E-state index contributed by atoms with van der Waals surface area (Å²) in [7, 11) is 0. The van der Waals surface area contributed by atoms with Crippen LogP contribution in [0.4, 0.5) is 0 Å². The normalized spacial score (nSPS) is 12.9. The number of aliphatic hydroxyl groups excluding tert-OH is 2. The van der Waals surface area contributed by atoms with Crippen LogP contribution in [0.5, 0.6) is 0 Å². The van der Waals surface area contributed by atoms with Gasteiger partial charge in [-0.05, 0) is 12.8 Å². The number of nitrogens with one attached hydrogen (secondary N) is 1. The van der Waals surface area contributed by atoms with E-state index in [2.05, 4.69) is 5.32 Å². The maximum absolute atomic E-state index is 11.7. The molecule has 0 rings (SSSR count). The third-order valence-corrected chi connectivity index (χ3v) is 2.72. The van der Waals surface area contributed by atoms with Crippen LogP contribution in [0.25, 0.3) is 0 Å². The van der Waals surface area contributed by atoms with Gasteiger partial charge in [-0.2, -0.15) is 5.26 Å². The third-order valence-electron chi connectivity index (χ3n) is 2.72. The van der Waals surface area contributed by atoms with E-state index in [9.17, 15) is 4.79 Å². The average molecular weight is 228 g/mol. The van der Waals surface area contributed by atoms with Crippen LogP contribution in [0.3, 0.4) is 0 Å². The minimum Gasteiger partial charge on any atom is -0.394 e. The van der Waals surface area contributed by atoms with Crippen LogP contribution in [0.2, 0.25) is 0 Å². The number of hydrogen-bond acceptors (Lipinski definition) is 4. The second-order valence-corrected chi connectivity index (χ2v) is 3.91. The van der Waals surface area contributed by atoms with Crippen molar-refractivity contribution in [1.29, 1.82) is 5.26 Å². The maximum atomic E-state index is 11.7. The number of carbonyl (C=O) groups is 1. The van der Waals surface area contributed by atoms with Gasteiger partial charge in [0.15, 0.2) is 0 Å². The molecule has 0 radical (unpaired) electrons. The van der Waals surface area contributed by atoms with Crippen LogP contribution in [0.15, 0.2) is 0 Å². The fourth-order valence-corrected chi connectivity index (χ4v) is 1.33. The Kier molecular flexibility index (Phi) is 6.70. The minimum atomic E-state index is -1.01. The van der Waals surface area contributed by atoms with Crippen LogP contribution in [-0.2, 0) is 4.79 Å². The summed E-state index contributed by atoms with van der Waals surface area (Å²) in [6.07, 6.45) is 1.64. The van der Waals surface area contributed by atoms with E-state index in [-0.39, 0.29) is 13.2 Å². The molecule has 0 aromatic rings. The largest absolute Gasteiger partial charge is 0.394 e. The van der Waals surface area contributed by atoms with Gasteiger partial charge in [-0.3, -0.25) is 4.79 Å². The Morgan fingerprint density at radius 2 is 2.00 bits per heavy atom. The molecular weight excluding hydrogens is 208 g/mol. The minimum absolute atomic E-state index is 0.337. The summed E-state index contributed by atoms with van der Waals surface area (Å²) in [6.45, 7) is 2.97. The average Bonchev–Trinajstić information content (AvgIpc) is 2.33. The fraction of sp³-hybridized carbons (Fsp3) is 0.818. The van der Waals surface area contributed by atoms with Gasteiger partial charge in [-0.1, -0.05) is 20.3 Å². The first-order valence-electron chi connectivity index (χ1n) is 5.52. The highest BCUT2D eigenvalue weighted by molar-refractivity contribution is 5.81. The molecule has 0 saturated heterocycles. The third kappa shape index (κ3) is 3.80. The molecule has 5 heteroatoms. The van der Waals surface area contributed by atoms with E-state index < -0.39 is 17.4 Å². The highest BCUT2D eigenvalue weighted by Gasteiger charge is 2.31. The van der Waals surface area contributed by atoms with Crippen molar-refractivity contribution < 1.29 is 15.0 Å². The van der Waals surface area contributed by atoms with Crippen LogP contribution < -0.4 is 5.32 Å². The summed E-state index contributed by atoms with van der Waals surface area (Å²) in [5.74, 6) is -1.14. The number of hydrogen-bond donors (Lipinski definition) is 3. The highest BCUT2D eigenvalue weighted by atomic mass is 16.3. The Balaban J connectivity index is 4.57. The van der Waals surface area contributed by atoms with E-state index in [4.69, 9.17) is 15.5 Å². The Morgan fingerprint density at radius 3 is 2.31 bits per heavy atom. The molecule has 1 amide bonds. The summed E-state index contributed by atoms with van der Waals surface area (Å²) in [6, 6.07) is 1.92. The molecule has 0 aromatic heterocycles. The highest BCUT2D eigenvalue weighted by Crippen LogP contribution is 2.12. The summed E-state index contributed by atoms with van der Waals surface area (Å²) < 4.78 is 0. The van der Waals surface area contributed by atoms with Crippen molar-refractivity contribution >= 4 is 5.91 Å². The molecule has 16 heavy (non-hydrogen) atoms. The zero-order valence-electron chi connectivity index (χ0n) is 9.86. The van der Waals surface area contributed by atoms with Gasteiger partial charge in [0.1, 0.15) is 5.92 Å². The van der Waals surface area contributed by atoms with Gasteiger partial charge >= 0.3 is 0 Å². The molecule has 1 unspecified atom stereocenters. The molecule has 0 bridgehead atoms. The predicted molar refractivity (Wildman–Crippen MR) is 59.3 cm³/mol. The number of carbonyl (C=O) groups excluding carboxylic acids is 1. The molecule has 92 valence electrons. The molecule has 0 aromatic carbocycles. The van der Waals surface area contributed by atoms with E-state index in [0.29, 0.717) is 12.8 Å². The summed E-state index contributed by atoms with van der Waals surface area (Å²) in [5.41, 5.74) is -1.01. The van der Waals surface area contributed by atoms with Crippen LogP contribution in [-0.4, -0.2) is 34.9 Å². The van der Waals surface area contributed by atoms with E-state index in [0.717, 1.165) is 6.42 Å². The second-order valence-electron chi connectivity index (χ2n) is 3.91. The van der Waals surface area contributed by atoms with Crippen LogP contribution in [0.1, 0.15) is 33.1 Å². The van der Waals surface area contributed by atoms with Crippen LogP contribution >= 0.6 is 0 Å². The number of rotatable bonds is 7. The van der Waals surface area contributed by atoms with E-state index >= 15 is 0 Å². The Bertz CT molecular complexity index is 248. The van der Waals surface area contributed by atoms with E-state index in [1.807, 2.05) is 13.0 Å². The topological polar surface area (TPSA) is 93.4 Å². The van der Waals surface area contributed by atoms with Gasteiger partial charge in [-0.15, -0.1) is 0 Å². The quantitative estimate of drug-likeness (QED) is 0.579. The molecule has 0 spiro atoms. The summed E-state index contributed by atoms with van der Waals surface area (Å²) in [5, 5.41) is 29.7. The van der Waals surface area contributed by atoms with Gasteiger partial charge in [0, 0.05) is 0 Å². The number of aliphatic hydroxyl groups is 2. The number of nitriles is 1. The lowest BCUT2D eigenvalue weighted by molar-refractivity contribution is -0.127. The molecule has 0 aliphatic rings. The molecule has 5 nitrogen and oxygen atoms in total. The smallest absolute Gasteiger partial charge is 0.237 e. The molecule has 0 saturated carbocycles. The maximum Gasteiger partial charge on any atom is 0.237 e. The fourth-order valence-electron chi connectivity index (χ4n) is 1.33. The van der Waals surface area contributed by atoms with Crippen molar-refractivity contribution in [2.45, 2.75) is 38.6 Å². The van der Waals surface area contributed by atoms with Crippen molar-refractivity contribution in [2.24, 2.45) is 5.92 Å². The lowest BCUT2D eigenvalue weighted by Crippen LogP contribution is -2.55. The van der Waals surface area contributed by atoms with Gasteiger partial charge in [-0.25, -0.2) is 0 Å². The summed E-state index contributed by atoms with van der Waals surface area (Å²) in [4.78, 5) is 11.7. The number of amides is 1. The van der Waals surface area contributed by atoms with Crippen molar-refractivity contribution in [3.05, 3.63) is 0 Å². The van der Waals surface area contributed by atoms with Crippen molar-refractivity contribution in [3.8, 4) is 6.07 Å². The first-order valence-corrected chi connectivity index (χ1v) is 5.52. The number of nitrogens with zero attached hydrogens (tertiary/aromatic N) is 1. The Morgan fingerprint density at radius 1 is 1.44 bits per heavy atom. The van der Waals surface area contributed by atoms with Crippen molar-refractivity contribution in [2.75, 3.05) is 13.2 Å². The standard InChI is InChI=1S/C11H20N2O3/c1-3-5-9(6-12)10(16)13-11(4-2,7-14)8-15/h9,14-15H,3-5,7-8H2,1-2H3,(H,13,16). The predicted octanol–water partition coefficient (Wildman–Crippen LogP) is 0.176. The molecule has 0 aliphatic heterocycles. The first-order chi connectivity index (χ1) is 7.59. The SMILES string of the molecule is CCCC(C#N)C(=O)NC(CC)(CO)CO. The molecule has 3 N–H and O–H groups in total. The van der Waals surface area contributed by atoms with Gasteiger partial charge in [0.25, 0.3) is 0 Å². The second kappa shape index (κ2) is 7.20. The molecule has 0 heterocycles. The molecule has 0 aliphatic carbocycles. The van der Waals surface area contributed by atoms with Gasteiger partial charge in [0.05, 0.1) is 24.8 Å². The van der Waals surface area contributed by atoms with Crippen molar-refractivity contribution in [3.63, 3.8) is 0 Å². The van der Waals surface area contributed by atoms with E-state index in [1.165, 1.54) is 0 Å². The lowest BCUT2D eigenvalue weighted by atomic mass is 9.96. The zero-order chi connectivity index (χ0) is 12.6. The molecular formula is C11H20N2O3. The van der Waals surface area contributed by atoms with E-state index in [1.54, 1.807) is 6.92 Å². The first kappa shape index (κ1) is 14.9. The molecule has 0 fully saturated rings. The van der Waals surface area contributed by atoms with Gasteiger partial charge in [0.2, 0.25) is 5.91 Å². The monoisotopic (exact) mass is 228 g/mol. The van der Waals surface area contributed by atoms with Crippen molar-refractivity contribution in [1.82, 2.24) is 5.32 Å². The summed E-state index contributed by atoms with van der Waals surface area (Å²) >= 11 is 0. The van der Waals surface area contributed by atoms with Gasteiger partial charge < -0.3 is 15.5 Å².